The van der Waals surface area contributed by atoms with Crippen molar-refractivity contribution < 1.29 is 19.4 Å². The lowest BCUT2D eigenvalue weighted by atomic mass is 10.2. The fourth-order valence-corrected chi connectivity index (χ4v) is 2.07. The number of aliphatic carboxylic acids is 1. The van der Waals surface area contributed by atoms with Gasteiger partial charge in [0, 0.05) is 22.2 Å². The van der Waals surface area contributed by atoms with Crippen LogP contribution in [-0.2, 0) is 4.79 Å². The van der Waals surface area contributed by atoms with Crippen LogP contribution < -0.4 is 9.47 Å². The maximum atomic E-state index is 10.7. The second-order valence-corrected chi connectivity index (χ2v) is 5.05. The van der Waals surface area contributed by atoms with Crippen LogP contribution in [-0.4, -0.2) is 18.2 Å². The highest BCUT2D eigenvalue weighted by molar-refractivity contribution is 9.10. The molecule has 0 aliphatic carbocycles. The summed E-state index contributed by atoms with van der Waals surface area (Å²) in [5.74, 6) is 0.847. The molecule has 4 nitrogen and oxygen atoms in total. The van der Waals surface area contributed by atoms with Crippen molar-refractivity contribution in [1.29, 1.82) is 0 Å². The van der Waals surface area contributed by atoms with E-state index in [9.17, 15) is 4.79 Å². The second kappa shape index (κ2) is 6.95. The third-order valence-electron chi connectivity index (χ3n) is 2.65. The van der Waals surface area contributed by atoms with Crippen molar-refractivity contribution in [3.63, 3.8) is 0 Å². The lowest BCUT2D eigenvalue weighted by Crippen LogP contribution is -1.90. The van der Waals surface area contributed by atoms with Gasteiger partial charge in [0.1, 0.15) is 17.2 Å². The first-order valence-corrected chi connectivity index (χ1v) is 6.90. The van der Waals surface area contributed by atoms with Gasteiger partial charge >= 0.3 is 5.97 Å². The van der Waals surface area contributed by atoms with Gasteiger partial charge in [-0.2, -0.15) is 0 Å². The van der Waals surface area contributed by atoms with Crippen LogP contribution in [0.1, 0.15) is 5.56 Å². The van der Waals surface area contributed by atoms with E-state index >= 15 is 0 Å². The number of carboxylic acids is 1. The summed E-state index contributed by atoms with van der Waals surface area (Å²) in [7, 11) is 1.58. The molecule has 108 valence electrons. The van der Waals surface area contributed by atoms with Crippen LogP contribution >= 0.6 is 15.9 Å². The van der Waals surface area contributed by atoms with Crippen molar-refractivity contribution in [2.75, 3.05) is 7.11 Å². The van der Waals surface area contributed by atoms with Crippen LogP contribution in [0.3, 0.4) is 0 Å². The standard InChI is InChI=1S/C16H13BrO4/c1-20-13-3-2-4-14(10-13)21-15-7-6-12(17)9-11(15)5-8-16(18)19/h2-10H,1H3,(H,18,19)/b8-5+. The first-order valence-electron chi connectivity index (χ1n) is 6.11. The first-order chi connectivity index (χ1) is 10.1. The maximum Gasteiger partial charge on any atom is 0.328 e. The largest absolute Gasteiger partial charge is 0.497 e. The third-order valence-corrected chi connectivity index (χ3v) is 3.14. The molecule has 0 saturated carbocycles. The van der Waals surface area contributed by atoms with Crippen LogP contribution in [0, 0.1) is 0 Å². The Morgan fingerprint density at radius 1 is 1.19 bits per heavy atom. The second-order valence-electron chi connectivity index (χ2n) is 4.13. The quantitative estimate of drug-likeness (QED) is 0.816. The van der Waals surface area contributed by atoms with E-state index in [1.807, 2.05) is 18.2 Å². The van der Waals surface area contributed by atoms with Crippen LogP contribution in [0.2, 0.25) is 0 Å². The minimum atomic E-state index is -1.01. The molecule has 0 saturated heterocycles. The van der Waals surface area contributed by atoms with Gasteiger partial charge in [-0.25, -0.2) is 4.79 Å². The monoisotopic (exact) mass is 348 g/mol. The van der Waals surface area contributed by atoms with E-state index in [0.29, 0.717) is 22.8 Å². The van der Waals surface area contributed by atoms with Gasteiger partial charge in [0.2, 0.25) is 0 Å². The third kappa shape index (κ3) is 4.36. The lowest BCUT2D eigenvalue weighted by Gasteiger charge is -2.10. The zero-order chi connectivity index (χ0) is 15.2. The van der Waals surface area contributed by atoms with Crippen molar-refractivity contribution >= 4 is 28.0 Å². The Labute approximate surface area is 130 Å². The molecule has 0 spiro atoms. The van der Waals surface area contributed by atoms with Gasteiger partial charge in [0.15, 0.2) is 0 Å². The van der Waals surface area contributed by atoms with Crippen molar-refractivity contribution in [3.05, 3.63) is 58.6 Å². The average Bonchev–Trinajstić information content (AvgIpc) is 2.47. The predicted molar refractivity (Wildman–Crippen MR) is 83.9 cm³/mol. The number of halogens is 1. The Kier molecular flexibility index (Phi) is 5.00. The Balaban J connectivity index is 2.32. The summed E-state index contributed by atoms with van der Waals surface area (Å²) in [5.41, 5.74) is 0.662. The predicted octanol–water partition coefficient (Wildman–Crippen LogP) is 4.35. The molecule has 1 N–H and O–H groups in total. The van der Waals surface area contributed by atoms with E-state index in [-0.39, 0.29) is 0 Å². The van der Waals surface area contributed by atoms with Crippen molar-refractivity contribution in [2.24, 2.45) is 0 Å². The smallest absolute Gasteiger partial charge is 0.328 e. The summed E-state index contributed by atoms with van der Waals surface area (Å²) >= 11 is 3.35. The molecule has 0 radical (unpaired) electrons. The van der Waals surface area contributed by atoms with Crippen molar-refractivity contribution in [3.8, 4) is 17.2 Å². The Morgan fingerprint density at radius 2 is 1.95 bits per heavy atom. The highest BCUT2D eigenvalue weighted by atomic mass is 79.9. The number of carbonyl (C=O) groups is 1. The van der Waals surface area contributed by atoms with Crippen molar-refractivity contribution in [2.45, 2.75) is 0 Å². The molecule has 0 unspecified atom stereocenters. The van der Waals surface area contributed by atoms with E-state index in [4.69, 9.17) is 14.6 Å². The van der Waals surface area contributed by atoms with Crippen LogP contribution in [0.5, 0.6) is 17.2 Å². The lowest BCUT2D eigenvalue weighted by molar-refractivity contribution is -0.131. The van der Waals surface area contributed by atoms with Gasteiger partial charge in [-0.1, -0.05) is 22.0 Å². The molecule has 0 aromatic heterocycles. The van der Waals surface area contributed by atoms with Crippen LogP contribution in [0.15, 0.2) is 53.0 Å². The Morgan fingerprint density at radius 3 is 2.67 bits per heavy atom. The molecule has 0 fully saturated rings. The molecular formula is C16H13BrO4. The van der Waals surface area contributed by atoms with E-state index in [1.54, 1.807) is 31.4 Å². The number of methoxy groups -OCH3 is 1. The minimum Gasteiger partial charge on any atom is -0.497 e. The summed E-state index contributed by atoms with van der Waals surface area (Å²) in [5, 5.41) is 8.74. The minimum absolute atomic E-state index is 0.559. The molecule has 2 aromatic carbocycles. The number of hydrogen-bond acceptors (Lipinski definition) is 3. The Bertz CT molecular complexity index is 680. The normalized spacial score (nSPS) is 10.6. The molecule has 2 rings (SSSR count). The molecule has 0 bridgehead atoms. The molecule has 0 amide bonds. The zero-order valence-corrected chi connectivity index (χ0v) is 12.8. The van der Waals surface area contributed by atoms with Gasteiger partial charge < -0.3 is 14.6 Å². The SMILES string of the molecule is COc1cccc(Oc2ccc(Br)cc2/C=C/C(=O)O)c1. The summed E-state index contributed by atoms with van der Waals surface area (Å²) in [6, 6.07) is 12.6. The summed E-state index contributed by atoms with van der Waals surface area (Å²) in [4.78, 5) is 10.7. The molecule has 0 aliphatic heterocycles. The highest BCUT2D eigenvalue weighted by Gasteiger charge is 2.05. The number of hydrogen-bond donors (Lipinski definition) is 1. The molecule has 0 atom stereocenters. The number of rotatable bonds is 5. The number of ether oxygens (including phenoxy) is 2. The summed E-state index contributed by atoms with van der Waals surface area (Å²) in [6.07, 6.45) is 2.56. The first kappa shape index (κ1) is 15.1. The van der Waals surface area contributed by atoms with Gasteiger partial charge in [0.05, 0.1) is 7.11 Å². The molecule has 2 aromatic rings. The van der Waals surface area contributed by atoms with Crippen LogP contribution in [0.4, 0.5) is 0 Å². The number of carboxylic acid groups (broad SMARTS) is 1. The van der Waals surface area contributed by atoms with Crippen LogP contribution in [0.25, 0.3) is 6.08 Å². The molecule has 5 heteroatoms. The number of benzene rings is 2. The summed E-state index contributed by atoms with van der Waals surface area (Å²) in [6.45, 7) is 0. The van der Waals surface area contributed by atoms with E-state index < -0.39 is 5.97 Å². The molecule has 21 heavy (non-hydrogen) atoms. The molecule has 0 aliphatic rings. The van der Waals surface area contributed by atoms with E-state index in [1.165, 1.54) is 6.08 Å². The van der Waals surface area contributed by atoms with E-state index in [2.05, 4.69) is 15.9 Å². The Hall–Kier alpha value is -2.27. The molecule has 0 heterocycles. The van der Waals surface area contributed by atoms with Gasteiger partial charge in [-0.05, 0) is 36.4 Å². The topological polar surface area (TPSA) is 55.8 Å². The zero-order valence-electron chi connectivity index (χ0n) is 11.2. The van der Waals surface area contributed by atoms with E-state index in [0.717, 1.165) is 10.5 Å². The van der Waals surface area contributed by atoms with Gasteiger partial charge in [-0.15, -0.1) is 0 Å². The average molecular weight is 349 g/mol. The van der Waals surface area contributed by atoms with Crippen molar-refractivity contribution in [1.82, 2.24) is 0 Å². The molecular weight excluding hydrogens is 336 g/mol. The maximum absolute atomic E-state index is 10.7. The van der Waals surface area contributed by atoms with Gasteiger partial charge in [-0.3, -0.25) is 0 Å². The highest BCUT2D eigenvalue weighted by Crippen LogP contribution is 2.30. The summed E-state index contributed by atoms with van der Waals surface area (Å²) < 4.78 is 11.8. The van der Waals surface area contributed by atoms with Gasteiger partial charge in [0.25, 0.3) is 0 Å². The fourth-order valence-electron chi connectivity index (χ4n) is 1.70. The fraction of sp³-hybridized carbons (Fsp3) is 0.0625.